The highest BCUT2D eigenvalue weighted by atomic mass is 35.5. The van der Waals surface area contributed by atoms with Gasteiger partial charge in [0, 0.05) is 9.92 Å². The Hall–Kier alpha value is -3.22. The fourth-order valence-electron chi connectivity index (χ4n) is 3.28. The van der Waals surface area contributed by atoms with Gasteiger partial charge in [-0.25, -0.2) is 4.90 Å². The van der Waals surface area contributed by atoms with E-state index in [0.717, 1.165) is 4.90 Å². The number of hydrogen-bond acceptors (Lipinski definition) is 5. The van der Waals surface area contributed by atoms with E-state index >= 15 is 0 Å². The number of hydrogen-bond donors (Lipinski definition) is 0. The van der Waals surface area contributed by atoms with Gasteiger partial charge in [-0.2, -0.15) is 0 Å². The smallest absolute Gasteiger partial charge is 0.272 e. The predicted molar refractivity (Wildman–Crippen MR) is 123 cm³/mol. The third-order valence-electron chi connectivity index (χ3n) is 4.76. The van der Waals surface area contributed by atoms with Crippen LogP contribution in [0.5, 0.6) is 11.5 Å². The number of methoxy groups -OCH3 is 2. The number of nitrogens with zero attached hydrogens (tertiary/aromatic N) is 1. The van der Waals surface area contributed by atoms with Crippen molar-refractivity contribution in [2.24, 2.45) is 0 Å². The third-order valence-corrected chi connectivity index (χ3v) is 6.10. The summed E-state index contributed by atoms with van der Waals surface area (Å²) in [5.74, 6) is 0.223. The molecule has 5 nitrogen and oxygen atoms in total. The second-order valence-electron chi connectivity index (χ2n) is 6.61. The molecule has 156 valence electrons. The van der Waals surface area contributed by atoms with Crippen molar-refractivity contribution in [2.45, 2.75) is 4.90 Å². The first kappa shape index (κ1) is 21.0. The first-order valence-electron chi connectivity index (χ1n) is 9.37. The van der Waals surface area contributed by atoms with Gasteiger partial charge in [0.1, 0.15) is 0 Å². The fourth-order valence-corrected chi connectivity index (χ4v) is 4.42. The van der Waals surface area contributed by atoms with E-state index in [9.17, 15) is 9.59 Å². The number of imide groups is 1. The molecular weight excluding hydrogens is 434 g/mol. The molecule has 0 aliphatic carbocycles. The van der Waals surface area contributed by atoms with Crippen LogP contribution in [0.1, 0.15) is 5.56 Å². The second-order valence-corrected chi connectivity index (χ2v) is 8.13. The highest BCUT2D eigenvalue weighted by molar-refractivity contribution is 8.04. The van der Waals surface area contributed by atoms with Crippen molar-refractivity contribution in [3.05, 3.63) is 88.3 Å². The summed E-state index contributed by atoms with van der Waals surface area (Å²) in [5.41, 5.74) is 1.35. The van der Waals surface area contributed by atoms with Gasteiger partial charge in [-0.3, -0.25) is 9.59 Å². The molecule has 0 spiro atoms. The van der Waals surface area contributed by atoms with Gasteiger partial charge in [0.25, 0.3) is 11.8 Å². The van der Waals surface area contributed by atoms with Crippen LogP contribution in [-0.2, 0) is 9.59 Å². The number of amides is 2. The van der Waals surface area contributed by atoms with Crippen LogP contribution in [0.4, 0.5) is 5.69 Å². The van der Waals surface area contributed by atoms with Crippen LogP contribution in [0.25, 0.3) is 5.57 Å². The Balaban J connectivity index is 1.84. The number of benzene rings is 3. The average Bonchev–Trinajstić information content (AvgIpc) is 3.04. The molecule has 0 N–H and O–H groups in total. The molecule has 31 heavy (non-hydrogen) atoms. The Morgan fingerprint density at radius 3 is 2.13 bits per heavy atom. The molecule has 0 radical (unpaired) electrons. The molecule has 7 heteroatoms. The lowest BCUT2D eigenvalue weighted by molar-refractivity contribution is -0.119. The van der Waals surface area contributed by atoms with Crippen molar-refractivity contribution >= 4 is 46.4 Å². The molecule has 0 bridgehead atoms. The van der Waals surface area contributed by atoms with Crippen molar-refractivity contribution in [2.75, 3.05) is 19.1 Å². The average molecular weight is 452 g/mol. The quantitative estimate of drug-likeness (QED) is 0.467. The van der Waals surface area contributed by atoms with Gasteiger partial charge in [0.2, 0.25) is 0 Å². The molecule has 3 aromatic carbocycles. The van der Waals surface area contributed by atoms with Crippen LogP contribution < -0.4 is 14.4 Å². The van der Waals surface area contributed by atoms with Gasteiger partial charge in [-0.05, 0) is 54.1 Å². The van der Waals surface area contributed by atoms with Crippen molar-refractivity contribution in [1.29, 1.82) is 0 Å². The lowest BCUT2D eigenvalue weighted by Gasteiger charge is -2.15. The number of rotatable bonds is 6. The van der Waals surface area contributed by atoms with Crippen molar-refractivity contribution in [1.82, 2.24) is 0 Å². The lowest BCUT2D eigenvalue weighted by Crippen LogP contribution is -2.31. The second kappa shape index (κ2) is 8.88. The molecular formula is C24H18ClNO4S. The maximum Gasteiger partial charge on any atom is 0.272 e. The van der Waals surface area contributed by atoms with Gasteiger partial charge in [0.05, 0.1) is 30.4 Å². The summed E-state index contributed by atoms with van der Waals surface area (Å²) in [7, 11) is 3.07. The number of ether oxygens (including phenoxy) is 2. The van der Waals surface area contributed by atoms with Crippen LogP contribution in [0.2, 0.25) is 5.02 Å². The summed E-state index contributed by atoms with van der Waals surface area (Å²) < 4.78 is 10.7. The minimum Gasteiger partial charge on any atom is -0.493 e. The predicted octanol–water partition coefficient (Wildman–Crippen LogP) is 5.43. The van der Waals surface area contributed by atoms with E-state index in [0.29, 0.717) is 38.3 Å². The van der Waals surface area contributed by atoms with Gasteiger partial charge >= 0.3 is 0 Å². The van der Waals surface area contributed by atoms with Crippen molar-refractivity contribution < 1.29 is 19.1 Å². The maximum absolute atomic E-state index is 13.5. The molecule has 1 aliphatic heterocycles. The molecule has 2 amide bonds. The molecule has 0 unspecified atom stereocenters. The molecule has 3 aromatic rings. The molecule has 0 saturated heterocycles. The molecule has 1 heterocycles. The summed E-state index contributed by atoms with van der Waals surface area (Å²) in [5, 5.41) is 0.523. The van der Waals surface area contributed by atoms with Crippen LogP contribution in [0.3, 0.4) is 0 Å². The maximum atomic E-state index is 13.5. The number of carbonyl (C=O) groups is 2. The van der Waals surface area contributed by atoms with Gasteiger partial charge in [-0.15, -0.1) is 0 Å². The summed E-state index contributed by atoms with van der Waals surface area (Å²) in [6.45, 7) is 0. The van der Waals surface area contributed by atoms with E-state index in [1.165, 1.54) is 23.8 Å². The Kier molecular flexibility index (Phi) is 6.02. The Morgan fingerprint density at radius 2 is 1.48 bits per heavy atom. The molecule has 0 saturated carbocycles. The van der Waals surface area contributed by atoms with Crippen LogP contribution >= 0.6 is 23.4 Å². The summed E-state index contributed by atoms with van der Waals surface area (Å²) in [6.07, 6.45) is 0. The van der Waals surface area contributed by atoms with Crippen LogP contribution in [-0.4, -0.2) is 26.0 Å². The first-order chi connectivity index (χ1) is 15.0. The van der Waals surface area contributed by atoms with E-state index < -0.39 is 5.91 Å². The van der Waals surface area contributed by atoms with E-state index in [1.807, 2.05) is 30.3 Å². The van der Waals surface area contributed by atoms with E-state index in [2.05, 4.69) is 0 Å². The van der Waals surface area contributed by atoms with Gasteiger partial charge < -0.3 is 9.47 Å². The zero-order valence-electron chi connectivity index (χ0n) is 16.8. The van der Waals surface area contributed by atoms with E-state index in [4.69, 9.17) is 21.1 Å². The Bertz CT molecular complexity index is 1180. The third kappa shape index (κ3) is 4.04. The van der Waals surface area contributed by atoms with E-state index in [1.54, 1.807) is 49.6 Å². The fraction of sp³-hybridized carbons (Fsp3) is 0.0833. The Labute approximate surface area is 189 Å². The highest BCUT2D eigenvalue weighted by Crippen LogP contribution is 2.43. The normalized spacial score (nSPS) is 13.7. The van der Waals surface area contributed by atoms with E-state index in [-0.39, 0.29) is 5.91 Å². The zero-order chi connectivity index (χ0) is 22.0. The topological polar surface area (TPSA) is 55.8 Å². The highest BCUT2D eigenvalue weighted by Gasteiger charge is 2.40. The number of thioether (sulfide) groups is 1. The molecule has 0 atom stereocenters. The minimum absolute atomic E-state index is 0.315. The van der Waals surface area contributed by atoms with Crippen LogP contribution in [0, 0.1) is 0 Å². The number of carbonyl (C=O) groups excluding carboxylic acids is 2. The zero-order valence-corrected chi connectivity index (χ0v) is 18.4. The Morgan fingerprint density at radius 1 is 0.806 bits per heavy atom. The number of halogens is 1. The minimum atomic E-state index is -0.405. The molecule has 1 aliphatic rings. The SMILES string of the molecule is COc1ccc(C2=C(Sc3ccccc3)C(=O)N(c3ccc(Cl)cc3)C2=O)cc1OC. The first-order valence-corrected chi connectivity index (χ1v) is 10.6. The van der Waals surface area contributed by atoms with Crippen LogP contribution in [0.15, 0.2) is 82.6 Å². The van der Waals surface area contributed by atoms with Crippen molar-refractivity contribution in [3.63, 3.8) is 0 Å². The standard InChI is InChI=1S/C24H18ClNO4S/c1-29-19-13-8-15(14-20(19)30-2)21-22(31-18-6-4-3-5-7-18)24(28)26(23(21)27)17-11-9-16(25)10-12-17/h3-14H,1-2H3. The van der Waals surface area contributed by atoms with Gasteiger partial charge in [0.15, 0.2) is 11.5 Å². The molecule has 0 fully saturated rings. The molecule has 0 aromatic heterocycles. The van der Waals surface area contributed by atoms with Crippen molar-refractivity contribution in [3.8, 4) is 11.5 Å². The summed E-state index contributed by atoms with van der Waals surface area (Å²) in [4.78, 5) is 29.3. The lowest BCUT2D eigenvalue weighted by atomic mass is 10.1. The van der Waals surface area contributed by atoms with Gasteiger partial charge in [-0.1, -0.05) is 47.6 Å². The number of anilines is 1. The monoisotopic (exact) mass is 451 g/mol. The molecule has 4 rings (SSSR count). The largest absolute Gasteiger partial charge is 0.493 e. The summed E-state index contributed by atoms with van der Waals surface area (Å²) in [6, 6.07) is 21.2. The summed E-state index contributed by atoms with van der Waals surface area (Å²) >= 11 is 7.25.